The fourth-order valence-corrected chi connectivity index (χ4v) is 5.90. The number of nitrogens with one attached hydrogen (secondary N) is 2. The smallest absolute Gasteiger partial charge is 0.365 e. The minimum atomic E-state index is -3.38. The van der Waals surface area contributed by atoms with Crippen molar-refractivity contribution in [1.29, 1.82) is 0 Å². The summed E-state index contributed by atoms with van der Waals surface area (Å²) in [6, 6.07) is 7.78. The largest absolute Gasteiger partial charge is 0.439 e. The molecule has 2 N–H and O–H groups in total. The van der Waals surface area contributed by atoms with Crippen molar-refractivity contribution in [3.8, 4) is 11.6 Å². The average molecular weight is 550 g/mol. The molecule has 4 aromatic rings. The Morgan fingerprint density at radius 2 is 1.90 bits per heavy atom. The maximum atomic E-state index is 16.2. The number of allylic oxidation sites excluding steroid dienone is 1. The van der Waals surface area contributed by atoms with Crippen LogP contribution in [0.25, 0.3) is 22.8 Å². The van der Waals surface area contributed by atoms with Crippen LogP contribution in [0.1, 0.15) is 63.3 Å². The van der Waals surface area contributed by atoms with Gasteiger partial charge in [0.05, 0.1) is 0 Å². The summed E-state index contributed by atoms with van der Waals surface area (Å²) in [5.41, 5.74) is 0.396. The Labute approximate surface area is 230 Å². The third-order valence-corrected chi connectivity index (χ3v) is 8.56. The summed E-state index contributed by atoms with van der Waals surface area (Å²) in [6.07, 6.45) is 9.12. The summed E-state index contributed by atoms with van der Waals surface area (Å²) in [4.78, 5) is 27.7. The zero-order chi connectivity index (χ0) is 27.9. The molecule has 9 nitrogen and oxygen atoms in total. The van der Waals surface area contributed by atoms with Gasteiger partial charge in [-0.3, -0.25) is 9.51 Å². The monoisotopic (exact) mass is 549 g/mol. The number of aromatic amines is 1. The van der Waals surface area contributed by atoms with Crippen molar-refractivity contribution < 1.29 is 13.3 Å². The van der Waals surface area contributed by atoms with Crippen LogP contribution in [0.2, 0.25) is 0 Å². The Morgan fingerprint density at radius 1 is 1.15 bits per heavy atom. The van der Waals surface area contributed by atoms with Crippen molar-refractivity contribution in [3.05, 3.63) is 64.9 Å². The highest BCUT2D eigenvalue weighted by Crippen LogP contribution is 2.40. The SMILES string of the molecule is C=C[C@H]1CC[C@H](Cn2c(C(F)(F)c3ccccc3)nc3nc(-c4noc(=O)[nH]4)nc(N[C@H](C)C4CCC4)c32)CC1. The number of benzene rings is 1. The van der Waals surface area contributed by atoms with E-state index in [2.05, 4.69) is 48.4 Å². The van der Waals surface area contributed by atoms with E-state index < -0.39 is 11.7 Å². The molecule has 0 bridgehead atoms. The second kappa shape index (κ2) is 10.6. The third-order valence-electron chi connectivity index (χ3n) is 8.56. The number of fused-ring (bicyclic) bond motifs is 1. The lowest BCUT2D eigenvalue weighted by molar-refractivity contribution is 0.0283. The Balaban J connectivity index is 1.51. The first-order valence-corrected chi connectivity index (χ1v) is 14.0. The van der Waals surface area contributed by atoms with Crippen molar-refractivity contribution in [2.75, 3.05) is 5.32 Å². The van der Waals surface area contributed by atoms with Crippen molar-refractivity contribution in [3.63, 3.8) is 0 Å². The molecule has 3 aromatic heterocycles. The Morgan fingerprint density at radius 3 is 2.52 bits per heavy atom. The van der Waals surface area contributed by atoms with E-state index in [0.717, 1.165) is 38.5 Å². The highest BCUT2D eigenvalue weighted by Gasteiger charge is 2.41. The number of aromatic nitrogens is 6. The van der Waals surface area contributed by atoms with Crippen LogP contribution in [0.4, 0.5) is 14.6 Å². The highest BCUT2D eigenvalue weighted by atomic mass is 19.3. The van der Waals surface area contributed by atoms with Gasteiger partial charge in [0, 0.05) is 18.2 Å². The normalized spacial score (nSPS) is 20.8. The van der Waals surface area contributed by atoms with Gasteiger partial charge >= 0.3 is 11.7 Å². The average Bonchev–Trinajstić information content (AvgIpc) is 3.53. The summed E-state index contributed by atoms with van der Waals surface area (Å²) in [5.74, 6) is -2.94. The van der Waals surface area contributed by atoms with E-state index >= 15 is 8.78 Å². The molecule has 2 fully saturated rings. The standard InChI is InChI=1S/C29H33F2N7O2/c1-3-18-12-14-19(15-13-18)16-38-22-23(32-17(2)20-8-7-9-20)33-25(26-36-28(39)40-37-26)34-24(22)35-27(38)29(30,31)21-10-5-4-6-11-21/h3-6,10-11,17-20H,1,7-9,12-16H2,2H3,(H,32,33,34)(H,36,37,39)/t17-,18-,19-/m1/s1. The second-order valence-corrected chi connectivity index (χ2v) is 11.1. The van der Waals surface area contributed by atoms with Crippen LogP contribution in [0.5, 0.6) is 0 Å². The first kappa shape index (κ1) is 26.3. The Hall–Kier alpha value is -3.89. The summed E-state index contributed by atoms with van der Waals surface area (Å²) in [5, 5.41) is 7.20. The number of halogens is 2. The molecule has 1 aromatic carbocycles. The minimum absolute atomic E-state index is 0.0138. The number of imidazole rings is 1. The van der Waals surface area contributed by atoms with Crippen molar-refractivity contribution >= 4 is 17.0 Å². The maximum absolute atomic E-state index is 16.2. The number of hydrogen-bond donors (Lipinski definition) is 2. The van der Waals surface area contributed by atoms with E-state index in [1.807, 2.05) is 6.08 Å². The molecule has 3 heterocycles. The summed E-state index contributed by atoms with van der Waals surface area (Å²) >= 11 is 0. The van der Waals surface area contributed by atoms with E-state index in [9.17, 15) is 4.79 Å². The van der Waals surface area contributed by atoms with Gasteiger partial charge in [-0.15, -0.1) is 6.58 Å². The molecule has 0 unspecified atom stereocenters. The maximum Gasteiger partial charge on any atom is 0.439 e. The molecule has 0 radical (unpaired) electrons. The van der Waals surface area contributed by atoms with Crippen molar-refractivity contribution in [2.45, 2.75) is 70.4 Å². The fraction of sp³-hybridized carbons (Fsp3) is 0.483. The topological polar surface area (TPSA) is 115 Å². The van der Waals surface area contributed by atoms with Crippen LogP contribution in [-0.4, -0.2) is 35.7 Å². The number of hydrogen-bond acceptors (Lipinski definition) is 7. The molecule has 11 heteroatoms. The number of H-pyrrole nitrogens is 1. The first-order valence-electron chi connectivity index (χ1n) is 14.0. The van der Waals surface area contributed by atoms with Gasteiger partial charge in [-0.1, -0.05) is 48.0 Å². The number of anilines is 1. The highest BCUT2D eigenvalue weighted by molar-refractivity contribution is 5.86. The van der Waals surface area contributed by atoms with E-state index in [1.54, 1.807) is 22.8 Å². The quantitative estimate of drug-likeness (QED) is 0.250. The molecule has 2 saturated carbocycles. The van der Waals surface area contributed by atoms with Gasteiger partial charge in [-0.05, 0) is 63.2 Å². The molecular weight excluding hydrogens is 516 g/mol. The van der Waals surface area contributed by atoms with Gasteiger partial charge in [-0.2, -0.15) is 8.78 Å². The van der Waals surface area contributed by atoms with Gasteiger partial charge < -0.3 is 9.88 Å². The Bertz CT molecular complexity index is 1550. The van der Waals surface area contributed by atoms with E-state index in [0.29, 0.717) is 29.7 Å². The molecular formula is C29H33F2N7O2. The Kier molecular flexibility index (Phi) is 6.97. The summed E-state index contributed by atoms with van der Waals surface area (Å²) < 4.78 is 38.7. The molecule has 2 aliphatic carbocycles. The van der Waals surface area contributed by atoms with Gasteiger partial charge in [0.15, 0.2) is 17.3 Å². The number of alkyl halides is 2. The van der Waals surface area contributed by atoms with E-state index in [1.165, 1.54) is 18.6 Å². The lowest BCUT2D eigenvalue weighted by Gasteiger charge is -2.32. The van der Waals surface area contributed by atoms with Crippen LogP contribution in [-0.2, 0) is 12.5 Å². The molecule has 0 saturated heterocycles. The van der Waals surface area contributed by atoms with Gasteiger partial charge in [-0.25, -0.2) is 19.7 Å². The molecule has 0 amide bonds. The molecule has 6 rings (SSSR count). The summed E-state index contributed by atoms with van der Waals surface area (Å²) in [7, 11) is 0. The predicted octanol–water partition coefficient (Wildman–Crippen LogP) is 5.90. The van der Waals surface area contributed by atoms with Gasteiger partial charge in [0.2, 0.25) is 11.6 Å². The molecule has 40 heavy (non-hydrogen) atoms. The van der Waals surface area contributed by atoms with Crippen LogP contribution < -0.4 is 11.1 Å². The molecule has 0 spiro atoms. The van der Waals surface area contributed by atoms with Crippen molar-refractivity contribution in [2.24, 2.45) is 17.8 Å². The van der Waals surface area contributed by atoms with Crippen molar-refractivity contribution in [1.82, 2.24) is 29.7 Å². The fourth-order valence-electron chi connectivity index (χ4n) is 5.90. The summed E-state index contributed by atoms with van der Waals surface area (Å²) in [6.45, 7) is 6.38. The van der Waals surface area contributed by atoms with Gasteiger partial charge in [0.25, 0.3) is 0 Å². The molecule has 2 aliphatic rings. The number of rotatable bonds is 9. The second-order valence-electron chi connectivity index (χ2n) is 11.1. The van der Waals surface area contributed by atoms with Crippen LogP contribution >= 0.6 is 0 Å². The number of nitrogens with zero attached hydrogens (tertiary/aromatic N) is 5. The zero-order valence-electron chi connectivity index (χ0n) is 22.4. The van der Waals surface area contributed by atoms with Crippen LogP contribution in [0, 0.1) is 17.8 Å². The molecule has 210 valence electrons. The third kappa shape index (κ3) is 4.93. The van der Waals surface area contributed by atoms with E-state index in [-0.39, 0.29) is 40.6 Å². The lowest BCUT2D eigenvalue weighted by atomic mass is 9.80. The first-order chi connectivity index (χ1) is 19.3. The zero-order valence-corrected chi connectivity index (χ0v) is 22.4. The minimum Gasteiger partial charge on any atom is -0.365 e. The van der Waals surface area contributed by atoms with Gasteiger partial charge in [0.1, 0.15) is 5.52 Å². The molecule has 0 aliphatic heterocycles. The lowest BCUT2D eigenvalue weighted by Crippen LogP contribution is -2.31. The van der Waals surface area contributed by atoms with E-state index in [4.69, 9.17) is 0 Å². The predicted molar refractivity (Wildman–Crippen MR) is 147 cm³/mol. The van der Waals surface area contributed by atoms with Crippen LogP contribution in [0.15, 0.2) is 52.3 Å². The molecule has 1 atom stereocenters. The van der Waals surface area contributed by atoms with Crippen LogP contribution in [0.3, 0.4) is 0 Å².